The lowest BCUT2D eigenvalue weighted by molar-refractivity contribution is 0.0681. The molecule has 0 N–H and O–H groups in total. The second-order valence-electron chi connectivity index (χ2n) is 6.71. The number of aromatic nitrogens is 2. The first-order valence-electron chi connectivity index (χ1n) is 9.08. The van der Waals surface area contributed by atoms with Crippen LogP contribution in [0.25, 0.3) is 0 Å². The third-order valence-electron chi connectivity index (χ3n) is 4.79. The SMILES string of the molecule is CCCn1nc(C(=O)N2CCC(Cc3ccccc3)CC2)ccc1=O. The summed E-state index contributed by atoms with van der Waals surface area (Å²) in [5.74, 6) is 0.552. The van der Waals surface area contributed by atoms with Crippen molar-refractivity contribution in [3.63, 3.8) is 0 Å². The van der Waals surface area contributed by atoms with Gasteiger partial charge >= 0.3 is 0 Å². The highest BCUT2D eigenvalue weighted by molar-refractivity contribution is 5.92. The zero-order valence-corrected chi connectivity index (χ0v) is 14.7. The monoisotopic (exact) mass is 339 g/mol. The number of hydrogen-bond acceptors (Lipinski definition) is 3. The third-order valence-corrected chi connectivity index (χ3v) is 4.79. The number of rotatable bonds is 5. The Hall–Kier alpha value is -2.43. The van der Waals surface area contributed by atoms with Crippen molar-refractivity contribution in [2.75, 3.05) is 13.1 Å². The predicted octanol–water partition coefficient (Wildman–Crippen LogP) is 2.75. The summed E-state index contributed by atoms with van der Waals surface area (Å²) in [6, 6.07) is 13.5. The minimum atomic E-state index is -0.153. The van der Waals surface area contributed by atoms with Gasteiger partial charge < -0.3 is 4.90 Å². The first kappa shape index (κ1) is 17.4. The van der Waals surface area contributed by atoms with Crippen LogP contribution in [0.5, 0.6) is 0 Å². The van der Waals surface area contributed by atoms with E-state index in [1.165, 1.54) is 16.3 Å². The Labute approximate surface area is 148 Å². The molecule has 2 heterocycles. The number of amides is 1. The summed E-state index contributed by atoms with van der Waals surface area (Å²) in [5.41, 5.74) is 1.58. The molecule has 1 aliphatic heterocycles. The fourth-order valence-electron chi connectivity index (χ4n) is 3.38. The normalized spacial score (nSPS) is 15.3. The van der Waals surface area contributed by atoms with Gasteiger partial charge in [-0.25, -0.2) is 4.68 Å². The highest BCUT2D eigenvalue weighted by Gasteiger charge is 2.24. The molecular weight excluding hydrogens is 314 g/mol. The van der Waals surface area contributed by atoms with Crippen LogP contribution in [-0.2, 0) is 13.0 Å². The lowest BCUT2D eigenvalue weighted by Crippen LogP contribution is -2.40. The number of nitrogens with zero attached hydrogens (tertiary/aromatic N) is 3. The Kier molecular flexibility index (Phi) is 5.64. The molecule has 0 aliphatic carbocycles. The summed E-state index contributed by atoms with van der Waals surface area (Å²) >= 11 is 0. The number of carbonyl (C=O) groups excluding carboxylic acids is 1. The zero-order valence-electron chi connectivity index (χ0n) is 14.7. The summed E-state index contributed by atoms with van der Waals surface area (Å²) in [6.07, 6.45) is 3.91. The zero-order chi connectivity index (χ0) is 17.6. The van der Waals surface area contributed by atoms with E-state index in [2.05, 4.69) is 29.4 Å². The lowest BCUT2D eigenvalue weighted by atomic mass is 9.90. The number of hydrogen-bond donors (Lipinski definition) is 0. The van der Waals surface area contributed by atoms with Gasteiger partial charge in [0.15, 0.2) is 0 Å². The molecule has 1 amide bonds. The maximum Gasteiger partial charge on any atom is 0.274 e. The van der Waals surface area contributed by atoms with Gasteiger partial charge in [0, 0.05) is 25.7 Å². The molecule has 0 unspecified atom stereocenters. The van der Waals surface area contributed by atoms with E-state index in [9.17, 15) is 9.59 Å². The molecule has 1 aromatic carbocycles. The van der Waals surface area contributed by atoms with Crippen LogP contribution in [-0.4, -0.2) is 33.7 Å². The van der Waals surface area contributed by atoms with Crippen LogP contribution in [0, 0.1) is 5.92 Å². The van der Waals surface area contributed by atoms with E-state index in [-0.39, 0.29) is 11.5 Å². The highest BCUT2D eigenvalue weighted by atomic mass is 16.2. The third kappa shape index (κ3) is 4.35. The average molecular weight is 339 g/mol. The maximum absolute atomic E-state index is 12.7. The molecule has 0 radical (unpaired) electrons. The van der Waals surface area contributed by atoms with Crippen LogP contribution in [0.3, 0.4) is 0 Å². The Balaban J connectivity index is 1.60. The Morgan fingerprint density at radius 2 is 1.84 bits per heavy atom. The van der Waals surface area contributed by atoms with Crippen molar-refractivity contribution in [3.05, 3.63) is 64.1 Å². The van der Waals surface area contributed by atoms with E-state index in [0.29, 0.717) is 18.2 Å². The highest BCUT2D eigenvalue weighted by Crippen LogP contribution is 2.22. The molecule has 1 saturated heterocycles. The quantitative estimate of drug-likeness (QED) is 0.842. The van der Waals surface area contributed by atoms with E-state index in [4.69, 9.17) is 0 Å². The van der Waals surface area contributed by atoms with E-state index >= 15 is 0 Å². The van der Waals surface area contributed by atoms with Crippen molar-refractivity contribution in [1.29, 1.82) is 0 Å². The topological polar surface area (TPSA) is 55.2 Å². The number of aryl methyl sites for hydroxylation is 1. The lowest BCUT2D eigenvalue weighted by Gasteiger charge is -2.32. The first-order chi connectivity index (χ1) is 12.2. The Morgan fingerprint density at radius 3 is 2.52 bits per heavy atom. The van der Waals surface area contributed by atoms with Crippen LogP contribution in [0.15, 0.2) is 47.3 Å². The van der Waals surface area contributed by atoms with Crippen LogP contribution in [0.2, 0.25) is 0 Å². The van der Waals surface area contributed by atoms with Crippen molar-refractivity contribution in [2.24, 2.45) is 5.92 Å². The van der Waals surface area contributed by atoms with Gasteiger partial charge in [0.1, 0.15) is 5.69 Å². The number of piperidine rings is 1. The summed E-state index contributed by atoms with van der Waals surface area (Å²) in [4.78, 5) is 26.3. The Morgan fingerprint density at radius 1 is 1.12 bits per heavy atom. The Bertz CT molecular complexity index is 762. The van der Waals surface area contributed by atoms with Crippen molar-refractivity contribution < 1.29 is 4.79 Å². The van der Waals surface area contributed by atoms with Gasteiger partial charge in [0.2, 0.25) is 0 Å². The van der Waals surface area contributed by atoms with Gasteiger partial charge in [0.05, 0.1) is 0 Å². The van der Waals surface area contributed by atoms with Gasteiger partial charge in [0.25, 0.3) is 11.5 Å². The fraction of sp³-hybridized carbons (Fsp3) is 0.450. The van der Waals surface area contributed by atoms with Gasteiger partial charge in [-0.15, -0.1) is 0 Å². The van der Waals surface area contributed by atoms with Gasteiger partial charge in [-0.1, -0.05) is 37.3 Å². The van der Waals surface area contributed by atoms with Crippen molar-refractivity contribution in [2.45, 2.75) is 39.2 Å². The van der Waals surface area contributed by atoms with Crippen molar-refractivity contribution in [3.8, 4) is 0 Å². The molecular formula is C20H25N3O2. The van der Waals surface area contributed by atoms with Crippen LogP contribution in [0.1, 0.15) is 42.2 Å². The molecule has 0 atom stereocenters. The molecule has 3 rings (SSSR count). The largest absolute Gasteiger partial charge is 0.337 e. The van der Waals surface area contributed by atoms with Crippen LogP contribution >= 0.6 is 0 Å². The molecule has 1 aromatic heterocycles. The molecule has 132 valence electrons. The predicted molar refractivity (Wildman–Crippen MR) is 97.6 cm³/mol. The number of carbonyl (C=O) groups is 1. The van der Waals surface area contributed by atoms with E-state index in [1.807, 2.05) is 17.9 Å². The van der Waals surface area contributed by atoms with Gasteiger partial charge in [-0.05, 0) is 43.2 Å². The smallest absolute Gasteiger partial charge is 0.274 e. The molecule has 5 nitrogen and oxygen atoms in total. The standard InChI is InChI=1S/C20H25N3O2/c1-2-12-23-19(24)9-8-18(21-23)20(25)22-13-10-17(11-14-22)15-16-6-4-3-5-7-16/h3-9,17H,2,10-15H2,1H3. The second-order valence-corrected chi connectivity index (χ2v) is 6.71. The minimum Gasteiger partial charge on any atom is -0.337 e. The summed E-state index contributed by atoms with van der Waals surface area (Å²) in [6.45, 7) is 4.04. The molecule has 25 heavy (non-hydrogen) atoms. The molecule has 1 aliphatic rings. The number of benzene rings is 1. The van der Waals surface area contributed by atoms with E-state index < -0.39 is 0 Å². The summed E-state index contributed by atoms with van der Waals surface area (Å²) in [7, 11) is 0. The van der Waals surface area contributed by atoms with E-state index in [1.54, 1.807) is 6.07 Å². The minimum absolute atomic E-state index is 0.0667. The van der Waals surface area contributed by atoms with Crippen molar-refractivity contribution in [1.82, 2.24) is 14.7 Å². The second kappa shape index (κ2) is 8.10. The molecule has 2 aromatic rings. The molecule has 5 heteroatoms. The van der Waals surface area contributed by atoms with Crippen LogP contribution in [0.4, 0.5) is 0 Å². The number of likely N-dealkylation sites (tertiary alicyclic amines) is 1. The fourth-order valence-corrected chi connectivity index (χ4v) is 3.38. The van der Waals surface area contributed by atoms with Crippen molar-refractivity contribution >= 4 is 5.91 Å². The first-order valence-corrected chi connectivity index (χ1v) is 9.08. The summed E-state index contributed by atoms with van der Waals surface area (Å²) in [5, 5.41) is 4.24. The van der Waals surface area contributed by atoms with Crippen LogP contribution < -0.4 is 5.56 Å². The summed E-state index contributed by atoms with van der Waals surface area (Å²) < 4.78 is 1.38. The molecule has 1 fully saturated rings. The molecule has 0 bridgehead atoms. The van der Waals surface area contributed by atoms with E-state index in [0.717, 1.165) is 38.8 Å². The maximum atomic E-state index is 12.7. The average Bonchev–Trinajstić information content (AvgIpc) is 2.65. The van der Waals surface area contributed by atoms with Gasteiger partial charge in [-0.3, -0.25) is 9.59 Å². The molecule has 0 spiro atoms. The molecule has 0 saturated carbocycles. The van der Waals surface area contributed by atoms with Gasteiger partial charge in [-0.2, -0.15) is 5.10 Å².